The topological polar surface area (TPSA) is 46.2 Å². The number of hydrogen-bond donors (Lipinski definition) is 2. The molecule has 0 aliphatic carbocycles. The zero-order chi connectivity index (χ0) is 9.78. The van der Waals surface area contributed by atoms with Gasteiger partial charge in [0.25, 0.3) is 0 Å². The van der Waals surface area contributed by atoms with Gasteiger partial charge in [0.15, 0.2) is 0 Å². The van der Waals surface area contributed by atoms with Gasteiger partial charge in [-0.3, -0.25) is 0 Å². The second-order valence-electron chi connectivity index (χ2n) is 5.00. The third-order valence-corrected chi connectivity index (χ3v) is 1.91. The maximum atomic E-state index is 9.30. The fourth-order valence-electron chi connectivity index (χ4n) is 1.69. The van der Waals surface area contributed by atoms with Crippen LogP contribution in [0.15, 0.2) is 0 Å². The zero-order valence-electron chi connectivity index (χ0n) is 8.80. The lowest BCUT2D eigenvalue weighted by Crippen LogP contribution is -2.23. The number of aliphatic hydroxyl groups is 1. The average molecular weight is 173 g/mol. The predicted molar refractivity (Wildman–Crippen MR) is 52.9 cm³/mol. The van der Waals surface area contributed by atoms with Crippen LogP contribution in [0.25, 0.3) is 0 Å². The van der Waals surface area contributed by atoms with Crippen LogP contribution in [0.5, 0.6) is 0 Å². The Morgan fingerprint density at radius 2 is 1.83 bits per heavy atom. The van der Waals surface area contributed by atoms with Gasteiger partial charge in [0.1, 0.15) is 0 Å². The summed E-state index contributed by atoms with van der Waals surface area (Å²) in [7, 11) is 0. The number of rotatable bonds is 4. The molecule has 0 aliphatic rings. The summed E-state index contributed by atoms with van der Waals surface area (Å²) in [6.07, 6.45) is 1.65. The monoisotopic (exact) mass is 173 g/mol. The second-order valence-corrected chi connectivity index (χ2v) is 5.00. The van der Waals surface area contributed by atoms with E-state index in [2.05, 4.69) is 27.7 Å². The second kappa shape index (κ2) is 4.83. The van der Waals surface area contributed by atoms with Crippen molar-refractivity contribution in [2.24, 2.45) is 17.1 Å². The van der Waals surface area contributed by atoms with Crippen LogP contribution in [-0.2, 0) is 0 Å². The van der Waals surface area contributed by atoms with Gasteiger partial charge in [-0.1, -0.05) is 27.7 Å². The number of hydrogen-bond acceptors (Lipinski definition) is 2. The average Bonchev–Trinajstić information content (AvgIpc) is 1.82. The van der Waals surface area contributed by atoms with Gasteiger partial charge >= 0.3 is 0 Å². The lowest BCUT2D eigenvalue weighted by atomic mass is 9.83. The van der Waals surface area contributed by atoms with Crippen LogP contribution in [0, 0.1) is 11.3 Å². The molecule has 0 aromatic heterocycles. The number of aliphatic hydroxyl groups excluding tert-OH is 1. The first-order chi connectivity index (χ1) is 5.35. The molecular weight excluding hydrogens is 150 g/mol. The molecule has 2 unspecified atom stereocenters. The Hall–Kier alpha value is -0.0800. The Morgan fingerprint density at radius 3 is 2.17 bits per heavy atom. The van der Waals surface area contributed by atoms with E-state index in [1.54, 1.807) is 0 Å². The van der Waals surface area contributed by atoms with Crippen LogP contribution in [0.3, 0.4) is 0 Å². The summed E-state index contributed by atoms with van der Waals surface area (Å²) in [5, 5.41) is 9.30. The molecule has 2 atom stereocenters. The summed E-state index contributed by atoms with van der Waals surface area (Å²) in [4.78, 5) is 0. The van der Waals surface area contributed by atoms with Gasteiger partial charge in [0.2, 0.25) is 0 Å². The summed E-state index contributed by atoms with van der Waals surface area (Å²) in [5.74, 6) is 0.559. The highest BCUT2D eigenvalue weighted by atomic mass is 16.3. The minimum absolute atomic E-state index is 0.317. The molecule has 0 rings (SSSR count). The fourth-order valence-corrected chi connectivity index (χ4v) is 1.69. The first-order valence-electron chi connectivity index (χ1n) is 4.73. The minimum Gasteiger partial charge on any atom is -0.392 e. The van der Waals surface area contributed by atoms with Crippen molar-refractivity contribution in [1.82, 2.24) is 0 Å². The highest BCUT2D eigenvalue weighted by Gasteiger charge is 2.17. The number of nitrogens with two attached hydrogens (primary N) is 1. The highest BCUT2D eigenvalue weighted by Crippen LogP contribution is 2.26. The Bertz CT molecular complexity index is 117. The molecule has 0 aromatic carbocycles. The fraction of sp³-hybridized carbons (Fsp3) is 1.00. The molecule has 0 amide bonds. The maximum Gasteiger partial charge on any atom is 0.0665 e. The molecule has 0 spiro atoms. The molecule has 2 heteroatoms. The molecule has 3 N–H and O–H groups in total. The van der Waals surface area contributed by atoms with Crippen molar-refractivity contribution in [2.75, 3.05) is 6.54 Å². The molecule has 0 saturated carbocycles. The summed E-state index contributed by atoms with van der Waals surface area (Å²) in [5.41, 5.74) is 5.69. The van der Waals surface area contributed by atoms with E-state index in [9.17, 15) is 5.11 Å². The van der Waals surface area contributed by atoms with Crippen molar-refractivity contribution in [3.8, 4) is 0 Å². The van der Waals surface area contributed by atoms with Crippen LogP contribution < -0.4 is 5.73 Å². The molecule has 0 saturated heterocycles. The smallest absolute Gasteiger partial charge is 0.0665 e. The van der Waals surface area contributed by atoms with Gasteiger partial charge < -0.3 is 10.8 Å². The summed E-state index contributed by atoms with van der Waals surface area (Å²) < 4.78 is 0. The van der Waals surface area contributed by atoms with Crippen LogP contribution >= 0.6 is 0 Å². The SMILES string of the molecule is CC(CC(O)CN)CC(C)(C)C. The van der Waals surface area contributed by atoms with Crippen molar-refractivity contribution in [1.29, 1.82) is 0 Å². The molecule has 0 fully saturated rings. The molecule has 0 bridgehead atoms. The minimum atomic E-state index is -0.317. The standard InChI is InChI=1S/C10H23NO/c1-8(5-9(12)7-11)6-10(2,3)4/h8-9,12H,5-7,11H2,1-4H3. The normalized spacial score (nSPS) is 17.5. The predicted octanol–water partition coefficient (Wildman–Crippen LogP) is 1.77. The van der Waals surface area contributed by atoms with Crippen molar-refractivity contribution >= 4 is 0 Å². The van der Waals surface area contributed by atoms with Gasteiger partial charge in [-0.15, -0.1) is 0 Å². The first-order valence-corrected chi connectivity index (χ1v) is 4.73. The molecule has 0 radical (unpaired) electrons. The van der Waals surface area contributed by atoms with E-state index in [4.69, 9.17) is 5.73 Å². The van der Waals surface area contributed by atoms with Crippen molar-refractivity contribution in [3.05, 3.63) is 0 Å². The molecule has 0 heterocycles. The Morgan fingerprint density at radius 1 is 1.33 bits per heavy atom. The van der Waals surface area contributed by atoms with Crippen molar-refractivity contribution < 1.29 is 5.11 Å². The highest BCUT2D eigenvalue weighted by molar-refractivity contribution is 4.69. The molecule has 12 heavy (non-hydrogen) atoms. The molecule has 74 valence electrons. The van der Waals surface area contributed by atoms with Gasteiger partial charge in [0, 0.05) is 6.54 Å². The van der Waals surface area contributed by atoms with Crippen LogP contribution in [0.4, 0.5) is 0 Å². The lowest BCUT2D eigenvalue weighted by Gasteiger charge is -2.24. The van der Waals surface area contributed by atoms with Crippen LogP contribution in [-0.4, -0.2) is 17.8 Å². The molecular formula is C10H23NO. The quantitative estimate of drug-likeness (QED) is 0.680. The summed E-state index contributed by atoms with van der Waals surface area (Å²) >= 11 is 0. The third-order valence-electron chi connectivity index (χ3n) is 1.91. The Balaban J connectivity index is 3.66. The third kappa shape index (κ3) is 6.62. The zero-order valence-corrected chi connectivity index (χ0v) is 8.80. The van der Waals surface area contributed by atoms with Crippen molar-refractivity contribution in [2.45, 2.75) is 46.6 Å². The first kappa shape index (κ1) is 11.9. The summed E-state index contributed by atoms with van der Waals surface area (Å²) in [6.45, 7) is 9.22. The van der Waals surface area contributed by atoms with Crippen LogP contribution in [0.1, 0.15) is 40.5 Å². The van der Waals surface area contributed by atoms with E-state index in [1.165, 1.54) is 0 Å². The van der Waals surface area contributed by atoms with Crippen LogP contribution in [0.2, 0.25) is 0 Å². The molecule has 0 aliphatic heterocycles. The summed E-state index contributed by atoms with van der Waals surface area (Å²) in [6, 6.07) is 0. The van der Waals surface area contributed by atoms with Gasteiger partial charge in [0.05, 0.1) is 6.10 Å². The van der Waals surface area contributed by atoms with E-state index >= 15 is 0 Å². The van der Waals surface area contributed by atoms with E-state index in [0.717, 1.165) is 12.8 Å². The maximum absolute atomic E-state index is 9.30. The molecule has 2 nitrogen and oxygen atoms in total. The Labute approximate surface area is 76.2 Å². The lowest BCUT2D eigenvalue weighted by molar-refractivity contribution is 0.139. The van der Waals surface area contributed by atoms with Gasteiger partial charge in [-0.2, -0.15) is 0 Å². The largest absolute Gasteiger partial charge is 0.392 e. The van der Waals surface area contributed by atoms with Crippen molar-refractivity contribution in [3.63, 3.8) is 0 Å². The van der Waals surface area contributed by atoms with E-state index in [0.29, 0.717) is 17.9 Å². The van der Waals surface area contributed by atoms with Gasteiger partial charge in [-0.25, -0.2) is 0 Å². The molecule has 0 aromatic rings. The van der Waals surface area contributed by atoms with E-state index in [-0.39, 0.29) is 6.10 Å². The Kier molecular flexibility index (Phi) is 4.80. The van der Waals surface area contributed by atoms with Gasteiger partial charge in [-0.05, 0) is 24.2 Å². The van der Waals surface area contributed by atoms with E-state index in [1.807, 2.05) is 0 Å². The van der Waals surface area contributed by atoms with E-state index < -0.39 is 0 Å².